The fourth-order valence-corrected chi connectivity index (χ4v) is 9.21. The molecule has 4 heteroatoms. The van der Waals surface area contributed by atoms with E-state index in [1.54, 1.807) is 6.08 Å². The van der Waals surface area contributed by atoms with Crippen molar-refractivity contribution in [1.82, 2.24) is 0 Å². The smallest absolute Gasteiger partial charge is 0.330 e. The number of unbranched alkanes of at least 4 members (excludes halogenated alkanes) is 7. The van der Waals surface area contributed by atoms with Crippen LogP contribution in [0.25, 0.3) is 0 Å². The van der Waals surface area contributed by atoms with Gasteiger partial charge in [-0.1, -0.05) is 120 Å². The number of esters is 1. The molecule has 34 heavy (non-hydrogen) atoms. The van der Waals surface area contributed by atoms with Crippen LogP contribution in [-0.4, -0.2) is 27.5 Å². The van der Waals surface area contributed by atoms with Gasteiger partial charge in [0, 0.05) is 12.7 Å². The number of carbonyl (C=O) groups excluding carboxylic acids is 1. The summed E-state index contributed by atoms with van der Waals surface area (Å²) in [6.07, 6.45) is 12.9. The molecule has 2 aromatic rings. The maximum atomic E-state index is 11.3. The first-order chi connectivity index (χ1) is 16.4. The van der Waals surface area contributed by atoms with E-state index in [9.17, 15) is 4.79 Å². The average Bonchev–Trinajstić information content (AvgIpc) is 2.83. The molecule has 0 radical (unpaired) electrons. The third-order valence-electron chi connectivity index (χ3n) is 6.29. The molecule has 0 unspecified atom stereocenters. The molecule has 2 aromatic carbocycles. The Morgan fingerprint density at radius 2 is 1.29 bits per heavy atom. The number of hydrogen-bond donors (Lipinski definition) is 0. The molecule has 186 valence electrons. The zero-order valence-corrected chi connectivity index (χ0v) is 22.7. The van der Waals surface area contributed by atoms with E-state index in [1.807, 2.05) is 13.0 Å². The van der Waals surface area contributed by atoms with Gasteiger partial charge in [0.25, 0.3) is 8.32 Å². The molecular formula is C30H44O3Si. The van der Waals surface area contributed by atoms with Crippen LogP contribution in [-0.2, 0) is 14.0 Å². The number of ether oxygens (including phenoxy) is 1. The number of benzene rings is 2. The van der Waals surface area contributed by atoms with Gasteiger partial charge in [-0.3, -0.25) is 0 Å². The van der Waals surface area contributed by atoms with Crippen LogP contribution in [0, 0.1) is 0 Å². The predicted octanol–water partition coefficient (Wildman–Crippen LogP) is 6.80. The summed E-state index contributed by atoms with van der Waals surface area (Å²) < 4.78 is 11.9. The normalized spacial score (nSPS) is 12.2. The Labute approximate surface area is 208 Å². The van der Waals surface area contributed by atoms with Gasteiger partial charge in [0.2, 0.25) is 0 Å². The Morgan fingerprint density at radius 3 is 1.79 bits per heavy atom. The maximum Gasteiger partial charge on any atom is 0.330 e. The Bertz CT molecular complexity index is 801. The van der Waals surface area contributed by atoms with Crippen LogP contribution < -0.4 is 10.4 Å². The second-order valence-corrected chi connectivity index (χ2v) is 14.2. The second kappa shape index (κ2) is 15.0. The van der Waals surface area contributed by atoms with Crippen molar-refractivity contribution < 1.29 is 14.0 Å². The molecule has 0 aliphatic rings. The van der Waals surface area contributed by atoms with Crippen LogP contribution in [0.4, 0.5) is 0 Å². The van der Waals surface area contributed by atoms with E-state index in [0.717, 1.165) is 25.9 Å². The van der Waals surface area contributed by atoms with E-state index in [2.05, 4.69) is 81.4 Å². The van der Waals surface area contributed by atoms with E-state index in [0.29, 0.717) is 6.61 Å². The first-order valence-electron chi connectivity index (χ1n) is 13.0. The van der Waals surface area contributed by atoms with E-state index in [4.69, 9.17) is 9.16 Å². The van der Waals surface area contributed by atoms with Gasteiger partial charge in [-0.25, -0.2) is 4.79 Å². The van der Waals surface area contributed by atoms with Gasteiger partial charge in [-0.2, -0.15) is 0 Å². The van der Waals surface area contributed by atoms with Crippen LogP contribution in [0.3, 0.4) is 0 Å². The van der Waals surface area contributed by atoms with Crippen LogP contribution >= 0.6 is 0 Å². The average molecular weight is 481 g/mol. The molecule has 3 nitrogen and oxygen atoms in total. The summed E-state index contributed by atoms with van der Waals surface area (Å²) in [7, 11) is -2.40. The summed E-state index contributed by atoms with van der Waals surface area (Å²) >= 11 is 0. The first kappa shape index (κ1) is 28.1. The Morgan fingerprint density at radius 1 is 0.794 bits per heavy atom. The van der Waals surface area contributed by atoms with Crippen LogP contribution in [0.5, 0.6) is 0 Å². The molecule has 0 aromatic heterocycles. The van der Waals surface area contributed by atoms with Crippen molar-refractivity contribution in [3.8, 4) is 0 Å². The van der Waals surface area contributed by atoms with Crippen LogP contribution in [0.2, 0.25) is 5.04 Å². The zero-order chi connectivity index (χ0) is 24.7. The van der Waals surface area contributed by atoms with E-state index >= 15 is 0 Å². The monoisotopic (exact) mass is 480 g/mol. The third kappa shape index (κ3) is 8.55. The van der Waals surface area contributed by atoms with Crippen molar-refractivity contribution in [2.24, 2.45) is 0 Å². The third-order valence-corrected chi connectivity index (χ3v) is 11.3. The second-order valence-electron chi connectivity index (χ2n) is 9.93. The standard InChI is InChI=1S/C30H44O3Si/c1-5-32-29(31)25-19-11-9-7-6-8-10-12-20-26-33-34(30(2,3)4,27-21-15-13-16-22-27)28-23-17-14-18-24-28/h13-19,21-25H,5-12,20,26H2,1-4H3/b25-19+. The summed E-state index contributed by atoms with van der Waals surface area (Å²) in [5, 5.41) is 2.74. The Hall–Kier alpha value is -2.17. The van der Waals surface area contributed by atoms with Gasteiger partial charge in [-0.15, -0.1) is 0 Å². The van der Waals surface area contributed by atoms with Gasteiger partial charge in [0.15, 0.2) is 0 Å². The molecule has 0 amide bonds. The lowest BCUT2D eigenvalue weighted by Gasteiger charge is -2.43. The number of allylic oxidation sites excluding steroid dienone is 1. The number of hydrogen-bond acceptors (Lipinski definition) is 3. The summed E-state index contributed by atoms with van der Waals surface area (Å²) in [4.78, 5) is 11.3. The van der Waals surface area contributed by atoms with Gasteiger partial charge in [0.1, 0.15) is 0 Å². The first-order valence-corrected chi connectivity index (χ1v) is 14.9. The van der Waals surface area contributed by atoms with E-state index in [-0.39, 0.29) is 11.0 Å². The van der Waals surface area contributed by atoms with Crippen molar-refractivity contribution in [2.75, 3.05) is 13.2 Å². The lowest BCUT2D eigenvalue weighted by Crippen LogP contribution is -2.66. The minimum Gasteiger partial charge on any atom is -0.463 e. The lowest BCUT2D eigenvalue weighted by atomic mass is 10.1. The Kier molecular flexibility index (Phi) is 12.3. The summed E-state index contributed by atoms with van der Waals surface area (Å²) in [5.41, 5.74) is 0. The fourth-order valence-electron chi connectivity index (χ4n) is 4.60. The SMILES string of the molecule is CCOC(=O)/C=C/CCCCCCCCCO[Si](c1ccccc1)(c1ccccc1)C(C)(C)C. The number of carbonyl (C=O) groups is 1. The van der Waals surface area contributed by atoms with Crippen molar-refractivity contribution in [3.05, 3.63) is 72.8 Å². The predicted molar refractivity (Wildman–Crippen MR) is 146 cm³/mol. The van der Waals surface area contributed by atoms with Crippen LogP contribution in [0.1, 0.15) is 79.1 Å². The molecule has 0 spiro atoms. The molecule has 0 fully saturated rings. The molecule has 0 aliphatic carbocycles. The highest BCUT2D eigenvalue weighted by Gasteiger charge is 2.49. The van der Waals surface area contributed by atoms with Gasteiger partial charge in [0.05, 0.1) is 6.61 Å². The molecule has 0 saturated carbocycles. The molecule has 0 aliphatic heterocycles. The molecule has 0 saturated heterocycles. The highest BCUT2D eigenvalue weighted by atomic mass is 28.4. The van der Waals surface area contributed by atoms with Crippen molar-refractivity contribution in [3.63, 3.8) is 0 Å². The lowest BCUT2D eigenvalue weighted by molar-refractivity contribution is -0.137. The van der Waals surface area contributed by atoms with Gasteiger partial charge < -0.3 is 9.16 Å². The molecule has 0 bridgehead atoms. The van der Waals surface area contributed by atoms with Crippen LogP contribution in [0.15, 0.2) is 72.8 Å². The molecule has 2 rings (SSSR count). The van der Waals surface area contributed by atoms with E-state index in [1.165, 1.54) is 42.5 Å². The Balaban J connectivity index is 1.79. The highest BCUT2D eigenvalue weighted by molar-refractivity contribution is 6.99. The maximum absolute atomic E-state index is 11.3. The summed E-state index contributed by atoms with van der Waals surface area (Å²) in [6.45, 7) is 10.1. The van der Waals surface area contributed by atoms with Crippen molar-refractivity contribution >= 4 is 24.7 Å². The molecular weight excluding hydrogens is 436 g/mol. The molecule has 0 heterocycles. The summed E-state index contributed by atoms with van der Waals surface area (Å²) in [5.74, 6) is -0.234. The molecule has 0 N–H and O–H groups in total. The minimum atomic E-state index is -2.40. The van der Waals surface area contributed by atoms with Crippen molar-refractivity contribution in [2.45, 2.75) is 84.1 Å². The summed E-state index contributed by atoms with van der Waals surface area (Å²) in [6, 6.07) is 21.8. The highest BCUT2D eigenvalue weighted by Crippen LogP contribution is 2.36. The quantitative estimate of drug-likeness (QED) is 0.122. The largest absolute Gasteiger partial charge is 0.463 e. The van der Waals surface area contributed by atoms with E-state index < -0.39 is 8.32 Å². The molecule has 0 atom stereocenters. The zero-order valence-electron chi connectivity index (χ0n) is 21.7. The number of rotatable bonds is 15. The minimum absolute atomic E-state index is 0.0391. The van der Waals surface area contributed by atoms with Crippen molar-refractivity contribution in [1.29, 1.82) is 0 Å². The fraction of sp³-hybridized carbons (Fsp3) is 0.500. The van der Waals surface area contributed by atoms with Gasteiger partial charge in [-0.05, 0) is 41.6 Å². The topological polar surface area (TPSA) is 35.5 Å². The van der Waals surface area contributed by atoms with Gasteiger partial charge >= 0.3 is 5.97 Å².